The Balaban J connectivity index is 2.38. The van der Waals surface area contributed by atoms with Crippen molar-refractivity contribution in [3.63, 3.8) is 0 Å². The van der Waals surface area contributed by atoms with Crippen molar-refractivity contribution in [2.24, 2.45) is 0 Å². The highest BCUT2D eigenvalue weighted by atomic mass is 15.0. The molecule has 0 aromatic carbocycles. The highest BCUT2D eigenvalue weighted by Gasteiger charge is 2.15. The summed E-state index contributed by atoms with van der Waals surface area (Å²) >= 11 is 0. The summed E-state index contributed by atoms with van der Waals surface area (Å²) < 4.78 is 2.37. The maximum absolute atomic E-state index is 4.55. The fourth-order valence-corrected chi connectivity index (χ4v) is 2.63. The molecule has 2 aromatic heterocycles. The van der Waals surface area contributed by atoms with Gasteiger partial charge < -0.3 is 4.57 Å². The van der Waals surface area contributed by atoms with Crippen molar-refractivity contribution >= 4 is 17.1 Å². The molecule has 3 rings (SSSR count). The van der Waals surface area contributed by atoms with Gasteiger partial charge in [0.15, 0.2) is 0 Å². The van der Waals surface area contributed by atoms with Gasteiger partial charge in [0.1, 0.15) is 0 Å². The first-order valence-corrected chi connectivity index (χ1v) is 6.04. The lowest BCUT2D eigenvalue weighted by atomic mass is 10.1. The van der Waals surface area contributed by atoms with E-state index in [2.05, 4.69) is 34.7 Å². The van der Waals surface area contributed by atoms with E-state index < -0.39 is 0 Å². The van der Waals surface area contributed by atoms with Gasteiger partial charge in [-0.25, -0.2) is 0 Å². The van der Waals surface area contributed by atoms with Crippen LogP contribution in [0.3, 0.4) is 0 Å². The number of allylic oxidation sites excluding steroid dienone is 1. The van der Waals surface area contributed by atoms with Gasteiger partial charge in [0.05, 0.1) is 11.0 Å². The standard InChI is InChI=1S/C14H16N2/c1-2-16-12-8-5-3-4-7-11(12)14-13(16)9-6-10-15-14/h5-6,8-10H,2-4,7H2,1H3. The average Bonchev–Trinajstić information content (AvgIpc) is 2.49. The minimum absolute atomic E-state index is 1.02. The van der Waals surface area contributed by atoms with Gasteiger partial charge in [0, 0.05) is 24.0 Å². The zero-order chi connectivity index (χ0) is 11.0. The van der Waals surface area contributed by atoms with Crippen LogP contribution in [0.15, 0.2) is 24.4 Å². The van der Waals surface area contributed by atoms with E-state index >= 15 is 0 Å². The van der Waals surface area contributed by atoms with Crippen LogP contribution in [-0.2, 0) is 13.0 Å². The van der Waals surface area contributed by atoms with E-state index in [1.54, 1.807) is 0 Å². The Labute approximate surface area is 95.6 Å². The van der Waals surface area contributed by atoms with E-state index in [0.717, 1.165) is 13.0 Å². The predicted octanol–water partition coefficient (Wildman–Crippen LogP) is 3.41. The molecule has 0 saturated carbocycles. The number of hydrogen-bond donors (Lipinski definition) is 0. The molecular weight excluding hydrogens is 196 g/mol. The van der Waals surface area contributed by atoms with Crippen LogP contribution >= 0.6 is 0 Å². The van der Waals surface area contributed by atoms with Crippen LogP contribution in [0.5, 0.6) is 0 Å². The zero-order valence-electron chi connectivity index (χ0n) is 9.61. The second kappa shape index (κ2) is 3.78. The summed E-state index contributed by atoms with van der Waals surface area (Å²) in [5.41, 5.74) is 5.28. The summed E-state index contributed by atoms with van der Waals surface area (Å²) in [5.74, 6) is 0. The molecule has 1 aliphatic rings. The molecule has 0 radical (unpaired) electrons. The highest BCUT2D eigenvalue weighted by molar-refractivity contribution is 5.84. The van der Waals surface area contributed by atoms with Gasteiger partial charge in [0.25, 0.3) is 0 Å². The van der Waals surface area contributed by atoms with Crippen molar-refractivity contribution in [2.75, 3.05) is 0 Å². The first-order valence-electron chi connectivity index (χ1n) is 6.04. The number of rotatable bonds is 1. The molecule has 0 aliphatic heterocycles. The van der Waals surface area contributed by atoms with E-state index in [1.165, 1.54) is 35.1 Å². The maximum atomic E-state index is 4.55. The molecule has 0 unspecified atom stereocenters. The van der Waals surface area contributed by atoms with Gasteiger partial charge in [0.2, 0.25) is 0 Å². The largest absolute Gasteiger partial charge is 0.340 e. The number of aryl methyl sites for hydroxylation is 2. The average molecular weight is 212 g/mol. The molecule has 2 heteroatoms. The molecule has 0 amide bonds. The Kier molecular flexibility index (Phi) is 2.28. The summed E-state index contributed by atoms with van der Waals surface area (Å²) in [6.07, 6.45) is 10.0. The van der Waals surface area contributed by atoms with Crippen molar-refractivity contribution in [1.82, 2.24) is 9.55 Å². The van der Waals surface area contributed by atoms with Crippen LogP contribution in [0, 0.1) is 0 Å². The minimum Gasteiger partial charge on any atom is -0.340 e. The molecular formula is C14H16N2. The fraction of sp³-hybridized carbons (Fsp3) is 0.357. The van der Waals surface area contributed by atoms with E-state index in [9.17, 15) is 0 Å². The van der Waals surface area contributed by atoms with Crippen molar-refractivity contribution in [3.05, 3.63) is 35.7 Å². The lowest BCUT2D eigenvalue weighted by Crippen LogP contribution is -1.96. The quantitative estimate of drug-likeness (QED) is 0.708. The third kappa shape index (κ3) is 1.29. The van der Waals surface area contributed by atoms with Crippen molar-refractivity contribution in [2.45, 2.75) is 32.7 Å². The number of aromatic nitrogens is 2. The summed E-state index contributed by atoms with van der Waals surface area (Å²) in [5, 5.41) is 0. The Hall–Kier alpha value is -1.57. The molecule has 0 fully saturated rings. The molecule has 0 atom stereocenters. The molecule has 1 aliphatic carbocycles. The summed E-state index contributed by atoms with van der Waals surface area (Å²) in [6.45, 7) is 3.22. The fourth-order valence-electron chi connectivity index (χ4n) is 2.63. The second-order valence-corrected chi connectivity index (χ2v) is 4.27. The van der Waals surface area contributed by atoms with Gasteiger partial charge in [-0.3, -0.25) is 4.98 Å². The lowest BCUT2D eigenvalue weighted by molar-refractivity contribution is 0.780. The van der Waals surface area contributed by atoms with Crippen LogP contribution < -0.4 is 0 Å². The molecule has 0 saturated heterocycles. The van der Waals surface area contributed by atoms with E-state index in [4.69, 9.17) is 0 Å². The van der Waals surface area contributed by atoms with Crippen LogP contribution in [-0.4, -0.2) is 9.55 Å². The van der Waals surface area contributed by atoms with E-state index in [-0.39, 0.29) is 0 Å². The van der Waals surface area contributed by atoms with Gasteiger partial charge in [-0.1, -0.05) is 6.08 Å². The number of fused-ring (bicyclic) bond motifs is 3. The van der Waals surface area contributed by atoms with E-state index in [1.807, 2.05) is 12.3 Å². The van der Waals surface area contributed by atoms with Crippen molar-refractivity contribution in [1.29, 1.82) is 0 Å². The number of nitrogens with zero attached hydrogens (tertiary/aromatic N) is 2. The lowest BCUT2D eigenvalue weighted by Gasteiger charge is -2.03. The molecule has 16 heavy (non-hydrogen) atoms. The summed E-state index contributed by atoms with van der Waals surface area (Å²) in [4.78, 5) is 4.55. The summed E-state index contributed by atoms with van der Waals surface area (Å²) in [7, 11) is 0. The molecule has 0 bridgehead atoms. The molecule has 82 valence electrons. The highest BCUT2D eigenvalue weighted by Crippen LogP contribution is 2.29. The van der Waals surface area contributed by atoms with Crippen LogP contribution in [0.25, 0.3) is 17.1 Å². The van der Waals surface area contributed by atoms with Crippen LogP contribution in [0.2, 0.25) is 0 Å². The second-order valence-electron chi connectivity index (χ2n) is 4.27. The Morgan fingerprint density at radius 1 is 1.44 bits per heavy atom. The van der Waals surface area contributed by atoms with Gasteiger partial charge in [-0.2, -0.15) is 0 Å². The maximum Gasteiger partial charge on any atom is 0.0919 e. The smallest absolute Gasteiger partial charge is 0.0919 e. The topological polar surface area (TPSA) is 17.8 Å². The van der Waals surface area contributed by atoms with Crippen molar-refractivity contribution < 1.29 is 0 Å². The molecule has 2 heterocycles. The van der Waals surface area contributed by atoms with Gasteiger partial charge >= 0.3 is 0 Å². The predicted molar refractivity (Wildman–Crippen MR) is 67.4 cm³/mol. The number of pyridine rings is 1. The number of hydrogen-bond acceptors (Lipinski definition) is 1. The Morgan fingerprint density at radius 2 is 2.38 bits per heavy atom. The zero-order valence-corrected chi connectivity index (χ0v) is 9.61. The third-order valence-corrected chi connectivity index (χ3v) is 3.35. The van der Waals surface area contributed by atoms with Gasteiger partial charge in [-0.15, -0.1) is 0 Å². The normalized spacial score (nSPS) is 15.1. The first kappa shape index (κ1) is 9.64. The van der Waals surface area contributed by atoms with E-state index in [0.29, 0.717) is 0 Å². The molecule has 0 spiro atoms. The monoisotopic (exact) mass is 212 g/mol. The SMILES string of the molecule is CCn1c2c(c3ncccc31)CCCC=C2. The Bertz CT molecular complexity index is 549. The van der Waals surface area contributed by atoms with Crippen LogP contribution in [0.4, 0.5) is 0 Å². The Morgan fingerprint density at radius 3 is 3.25 bits per heavy atom. The van der Waals surface area contributed by atoms with Crippen LogP contribution in [0.1, 0.15) is 31.0 Å². The van der Waals surface area contributed by atoms with Crippen molar-refractivity contribution in [3.8, 4) is 0 Å². The first-order chi connectivity index (χ1) is 7.92. The van der Waals surface area contributed by atoms with Gasteiger partial charge in [-0.05, 0) is 44.4 Å². The minimum atomic E-state index is 1.02. The molecule has 0 N–H and O–H groups in total. The third-order valence-electron chi connectivity index (χ3n) is 3.35. The molecule has 2 nitrogen and oxygen atoms in total. The molecule has 2 aromatic rings. The summed E-state index contributed by atoms with van der Waals surface area (Å²) in [6, 6.07) is 4.20.